The molecule has 0 aromatic carbocycles. The van der Waals surface area contributed by atoms with Crippen LogP contribution in [0.15, 0.2) is 0 Å². The number of carbonyl (C=O) groups is 2. The molecule has 1 saturated heterocycles. The summed E-state index contributed by atoms with van der Waals surface area (Å²) in [7, 11) is 1.60. The number of carbonyl (C=O) groups excluding carboxylic acids is 2. The largest absolute Gasteiger partial charge is 0.383 e. The quantitative estimate of drug-likeness (QED) is 0.788. The van der Waals surface area contributed by atoms with Gasteiger partial charge in [0.1, 0.15) is 11.6 Å². The number of ether oxygens (including phenoxy) is 1. The Morgan fingerprint density at radius 3 is 2.32 bits per heavy atom. The van der Waals surface area contributed by atoms with E-state index < -0.39 is 11.6 Å². The van der Waals surface area contributed by atoms with E-state index in [1.54, 1.807) is 12.0 Å². The Bertz CT molecular complexity index is 338. The summed E-state index contributed by atoms with van der Waals surface area (Å²) in [5, 5.41) is 2.95. The number of methoxy groups -OCH3 is 1. The Balaban J connectivity index is 3.07. The molecule has 0 bridgehead atoms. The maximum atomic E-state index is 12.7. The van der Waals surface area contributed by atoms with Crippen LogP contribution in [0.2, 0.25) is 0 Å². The molecule has 1 heterocycles. The van der Waals surface area contributed by atoms with E-state index in [2.05, 4.69) is 5.32 Å². The monoisotopic (exact) mass is 270 g/mol. The lowest BCUT2D eigenvalue weighted by Crippen LogP contribution is -2.71. The predicted octanol–water partition coefficient (Wildman–Crippen LogP) is 1.17. The molecule has 1 atom stereocenters. The van der Waals surface area contributed by atoms with E-state index in [1.165, 1.54) is 0 Å². The molecule has 2 amide bonds. The van der Waals surface area contributed by atoms with Crippen LogP contribution in [0.5, 0.6) is 0 Å². The van der Waals surface area contributed by atoms with Crippen molar-refractivity contribution in [3.63, 3.8) is 0 Å². The van der Waals surface area contributed by atoms with Gasteiger partial charge in [0.05, 0.1) is 6.61 Å². The summed E-state index contributed by atoms with van der Waals surface area (Å²) in [4.78, 5) is 26.8. The van der Waals surface area contributed by atoms with Gasteiger partial charge in [0, 0.05) is 13.7 Å². The van der Waals surface area contributed by atoms with Crippen LogP contribution in [-0.2, 0) is 14.3 Å². The fraction of sp³-hybridized carbons (Fsp3) is 0.857. The van der Waals surface area contributed by atoms with Crippen LogP contribution in [0, 0.1) is 5.92 Å². The molecule has 0 aromatic rings. The van der Waals surface area contributed by atoms with Crippen molar-refractivity contribution in [2.75, 3.05) is 20.3 Å². The summed E-state index contributed by atoms with van der Waals surface area (Å²) in [6.45, 7) is 8.71. The third-order valence-corrected chi connectivity index (χ3v) is 4.01. The smallest absolute Gasteiger partial charge is 0.249 e. The lowest BCUT2D eigenvalue weighted by molar-refractivity contribution is -0.158. The first kappa shape index (κ1) is 16.0. The van der Waals surface area contributed by atoms with Crippen LogP contribution >= 0.6 is 0 Å². The first-order valence-corrected chi connectivity index (χ1v) is 7.05. The molecule has 1 N–H and O–H groups in total. The molecule has 0 saturated carbocycles. The molecule has 5 nitrogen and oxygen atoms in total. The van der Waals surface area contributed by atoms with Crippen LogP contribution in [0.25, 0.3) is 0 Å². The molecule has 1 fully saturated rings. The molecule has 110 valence electrons. The van der Waals surface area contributed by atoms with Crippen molar-refractivity contribution in [1.82, 2.24) is 10.2 Å². The molecule has 1 aliphatic heterocycles. The number of nitrogens with one attached hydrogen (secondary N) is 1. The van der Waals surface area contributed by atoms with Gasteiger partial charge in [-0.1, -0.05) is 27.7 Å². The lowest BCUT2D eigenvalue weighted by atomic mass is 9.85. The predicted molar refractivity (Wildman–Crippen MR) is 73.7 cm³/mol. The van der Waals surface area contributed by atoms with Crippen LogP contribution in [-0.4, -0.2) is 48.6 Å². The Labute approximate surface area is 115 Å². The van der Waals surface area contributed by atoms with E-state index in [9.17, 15) is 9.59 Å². The average molecular weight is 270 g/mol. The van der Waals surface area contributed by atoms with Crippen molar-refractivity contribution in [3.8, 4) is 0 Å². The van der Waals surface area contributed by atoms with Gasteiger partial charge in [-0.25, -0.2) is 0 Å². The van der Waals surface area contributed by atoms with E-state index in [4.69, 9.17) is 4.74 Å². The number of rotatable bonds is 6. The summed E-state index contributed by atoms with van der Waals surface area (Å²) >= 11 is 0. The number of amides is 2. The molecular formula is C14H26N2O3. The summed E-state index contributed by atoms with van der Waals surface area (Å²) in [6, 6.07) is -0.395. The fourth-order valence-electron chi connectivity index (χ4n) is 2.73. The number of hydrogen-bond donors (Lipinski definition) is 1. The minimum Gasteiger partial charge on any atom is -0.383 e. The maximum absolute atomic E-state index is 12.7. The van der Waals surface area contributed by atoms with Gasteiger partial charge in [0.2, 0.25) is 11.8 Å². The van der Waals surface area contributed by atoms with Crippen molar-refractivity contribution >= 4 is 11.8 Å². The molecule has 0 aromatic heterocycles. The van der Waals surface area contributed by atoms with Gasteiger partial charge in [0.25, 0.3) is 0 Å². The minimum atomic E-state index is -0.740. The van der Waals surface area contributed by atoms with Crippen molar-refractivity contribution in [3.05, 3.63) is 0 Å². The van der Waals surface area contributed by atoms with Crippen LogP contribution in [0.3, 0.4) is 0 Å². The van der Waals surface area contributed by atoms with Crippen LogP contribution in [0.4, 0.5) is 0 Å². The highest BCUT2D eigenvalue weighted by Crippen LogP contribution is 2.27. The number of hydrogen-bond acceptors (Lipinski definition) is 3. The molecular weight excluding hydrogens is 244 g/mol. The molecule has 1 rings (SSSR count). The second kappa shape index (κ2) is 6.37. The van der Waals surface area contributed by atoms with Gasteiger partial charge < -0.3 is 15.0 Å². The van der Waals surface area contributed by atoms with Gasteiger partial charge >= 0.3 is 0 Å². The normalized spacial score (nSPS) is 22.8. The standard InChI is InChI=1S/C14H26N2O3/c1-6-14(7-2)13(18)16(8-9-19-5)11(10(3)4)12(17)15-14/h10-11H,6-9H2,1-5H3,(H,15,17). The van der Waals surface area contributed by atoms with Crippen molar-refractivity contribution in [2.45, 2.75) is 52.1 Å². The van der Waals surface area contributed by atoms with E-state index in [0.717, 1.165) is 0 Å². The first-order valence-electron chi connectivity index (χ1n) is 7.05. The second-order valence-corrected chi connectivity index (χ2v) is 5.46. The first-order chi connectivity index (χ1) is 8.93. The number of piperazine rings is 1. The Kier molecular flexibility index (Phi) is 5.35. The van der Waals surface area contributed by atoms with Gasteiger partial charge in [-0.15, -0.1) is 0 Å². The Morgan fingerprint density at radius 1 is 1.32 bits per heavy atom. The van der Waals surface area contributed by atoms with E-state index >= 15 is 0 Å². The molecule has 0 radical (unpaired) electrons. The summed E-state index contributed by atoms with van der Waals surface area (Å²) in [6.07, 6.45) is 1.23. The molecule has 5 heteroatoms. The fourth-order valence-corrected chi connectivity index (χ4v) is 2.73. The van der Waals surface area contributed by atoms with Crippen LogP contribution < -0.4 is 5.32 Å². The number of nitrogens with zero attached hydrogens (tertiary/aromatic N) is 1. The molecule has 19 heavy (non-hydrogen) atoms. The highest BCUT2D eigenvalue weighted by molar-refractivity contribution is 5.99. The summed E-state index contributed by atoms with van der Waals surface area (Å²) in [5.74, 6) is 0.0646. The third-order valence-electron chi connectivity index (χ3n) is 4.01. The van der Waals surface area contributed by atoms with Crippen molar-refractivity contribution in [2.24, 2.45) is 5.92 Å². The Hall–Kier alpha value is -1.10. The zero-order chi connectivity index (χ0) is 14.6. The molecule has 0 aliphatic carbocycles. The highest BCUT2D eigenvalue weighted by Gasteiger charge is 2.49. The van der Waals surface area contributed by atoms with Crippen LogP contribution in [0.1, 0.15) is 40.5 Å². The van der Waals surface area contributed by atoms with Gasteiger partial charge in [-0.05, 0) is 18.8 Å². The van der Waals surface area contributed by atoms with Gasteiger partial charge in [-0.2, -0.15) is 0 Å². The second-order valence-electron chi connectivity index (χ2n) is 5.46. The van der Waals surface area contributed by atoms with E-state index in [1.807, 2.05) is 27.7 Å². The van der Waals surface area contributed by atoms with E-state index in [0.29, 0.717) is 26.0 Å². The summed E-state index contributed by atoms with van der Waals surface area (Å²) in [5.41, 5.74) is -0.740. The van der Waals surface area contributed by atoms with Gasteiger partial charge in [0.15, 0.2) is 0 Å². The van der Waals surface area contributed by atoms with E-state index in [-0.39, 0.29) is 17.7 Å². The summed E-state index contributed by atoms with van der Waals surface area (Å²) < 4.78 is 5.07. The van der Waals surface area contributed by atoms with Crippen molar-refractivity contribution < 1.29 is 14.3 Å². The molecule has 0 spiro atoms. The SMILES string of the molecule is CCC1(CC)NC(=O)C(C(C)C)N(CCOC)C1=O. The topological polar surface area (TPSA) is 58.6 Å². The molecule has 1 aliphatic rings. The average Bonchev–Trinajstić information content (AvgIpc) is 2.38. The molecule has 1 unspecified atom stereocenters. The lowest BCUT2D eigenvalue weighted by Gasteiger charge is -2.46. The zero-order valence-electron chi connectivity index (χ0n) is 12.7. The zero-order valence-corrected chi connectivity index (χ0v) is 12.7. The van der Waals surface area contributed by atoms with Crippen molar-refractivity contribution in [1.29, 1.82) is 0 Å². The Morgan fingerprint density at radius 2 is 1.89 bits per heavy atom. The minimum absolute atomic E-state index is 0.0212. The highest BCUT2D eigenvalue weighted by atomic mass is 16.5. The third kappa shape index (κ3) is 2.91. The van der Waals surface area contributed by atoms with Gasteiger partial charge in [-0.3, -0.25) is 9.59 Å². The maximum Gasteiger partial charge on any atom is 0.249 e.